The van der Waals surface area contributed by atoms with E-state index in [4.69, 9.17) is 9.15 Å². The van der Waals surface area contributed by atoms with Crippen LogP contribution in [-0.2, 0) is 20.9 Å². The minimum atomic E-state index is -0.415. The first-order chi connectivity index (χ1) is 12.0. The van der Waals surface area contributed by atoms with Crippen LogP contribution in [0.2, 0.25) is 0 Å². The lowest BCUT2D eigenvalue weighted by Gasteiger charge is -2.19. The third-order valence-electron chi connectivity index (χ3n) is 3.39. The maximum atomic E-state index is 12.1. The Bertz CT molecular complexity index is 722. The van der Waals surface area contributed by atoms with Gasteiger partial charge in [0.1, 0.15) is 12.3 Å². The van der Waals surface area contributed by atoms with Crippen molar-refractivity contribution in [2.45, 2.75) is 20.4 Å². The smallest absolute Gasteiger partial charge is 0.338 e. The highest BCUT2D eigenvalue weighted by molar-refractivity contribution is 5.95. The van der Waals surface area contributed by atoms with E-state index >= 15 is 0 Å². The van der Waals surface area contributed by atoms with Gasteiger partial charge in [-0.15, -0.1) is 0 Å². The molecule has 0 aliphatic rings. The highest BCUT2D eigenvalue weighted by Gasteiger charge is 2.15. The number of hydrogen-bond acceptors (Lipinski definition) is 5. The average Bonchev–Trinajstić information content (AvgIpc) is 3.08. The molecule has 0 spiro atoms. The molecule has 25 heavy (non-hydrogen) atoms. The highest BCUT2D eigenvalue weighted by Crippen LogP contribution is 2.11. The van der Waals surface area contributed by atoms with Gasteiger partial charge in [0.25, 0.3) is 0 Å². The number of hydrogen-bond donors (Lipinski definition) is 1. The zero-order valence-corrected chi connectivity index (χ0v) is 14.2. The van der Waals surface area contributed by atoms with E-state index in [1.807, 2.05) is 0 Å². The summed E-state index contributed by atoms with van der Waals surface area (Å²) < 4.78 is 10.1. The molecule has 1 heterocycles. The number of amides is 2. The van der Waals surface area contributed by atoms with Crippen LogP contribution in [0.25, 0.3) is 0 Å². The Labute approximate surface area is 145 Å². The summed E-state index contributed by atoms with van der Waals surface area (Å²) >= 11 is 0. The van der Waals surface area contributed by atoms with Gasteiger partial charge in [-0.05, 0) is 43.3 Å². The SMILES string of the molecule is CCOC(=O)c1ccc(NC(=O)CN(Cc2ccco2)C(C)=O)cc1. The molecule has 2 amide bonds. The van der Waals surface area contributed by atoms with Crippen LogP contribution in [0.5, 0.6) is 0 Å². The number of carbonyl (C=O) groups excluding carboxylic acids is 3. The molecule has 0 radical (unpaired) electrons. The number of furan rings is 1. The molecular formula is C18H20N2O5. The standard InChI is InChI=1S/C18H20N2O5/c1-3-24-18(23)14-6-8-15(9-7-14)19-17(22)12-20(13(2)21)11-16-5-4-10-25-16/h4-10H,3,11-12H2,1-2H3,(H,19,22). The Hall–Kier alpha value is -3.09. The summed E-state index contributed by atoms with van der Waals surface area (Å²) in [6.45, 7) is 3.54. The van der Waals surface area contributed by atoms with Crippen molar-refractivity contribution in [3.05, 3.63) is 54.0 Å². The number of nitrogens with one attached hydrogen (secondary N) is 1. The molecule has 1 aromatic carbocycles. The fourth-order valence-electron chi connectivity index (χ4n) is 2.15. The van der Waals surface area contributed by atoms with Crippen LogP contribution in [0.4, 0.5) is 5.69 Å². The quantitative estimate of drug-likeness (QED) is 0.779. The highest BCUT2D eigenvalue weighted by atomic mass is 16.5. The van der Waals surface area contributed by atoms with Crippen LogP contribution < -0.4 is 5.32 Å². The van der Waals surface area contributed by atoms with Crippen molar-refractivity contribution < 1.29 is 23.5 Å². The average molecular weight is 344 g/mol. The Morgan fingerprint density at radius 2 is 1.88 bits per heavy atom. The molecule has 0 aliphatic carbocycles. The number of esters is 1. The van der Waals surface area contributed by atoms with E-state index in [0.29, 0.717) is 23.6 Å². The monoisotopic (exact) mass is 344 g/mol. The van der Waals surface area contributed by atoms with Gasteiger partial charge in [-0.2, -0.15) is 0 Å². The van der Waals surface area contributed by atoms with Gasteiger partial charge < -0.3 is 19.4 Å². The summed E-state index contributed by atoms with van der Waals surface area (Å²) in [6, 6.07) is 9.81. The Kier molecular flexibility index (Phi) is 6.33. The number of rotatable bonds is 7. The molecule has 0 aliphatic heterocycles. The van der Waals surface area contributed by atoms with Crippen molar-refractivity contribution in [3.8, 4) is 0 Å². The largest absolute Gasteiger partial charge is 0.467 e. The van der Waals surface area contributed by atoms with Crippen LogP contribution in [0.15, 0.2) is 47.1 Å². The van der Waals surface area contributed by atoms with E-state index in [-0.39, 0.29) is 24.9 Å². The molecule has 2 rings (SSSR count). The molecule has 132 valence electrons. The molecule has 7 nitrogen and oxygen atoms in total. The molecule has 7 heteroatoms. The molecule has 0 unspecified atom stereocenters. The van der Waals surface area contributed by atoms with Crippen molar-refractivity contribution in [2.24, 2.45) is 0 Å². The Morgan fingerprint density at radius 1 is 1.16 bits per heavy atom. The van der Waals surface area contributed by atoms with E-state index in [1.165, 1.54) is 18.1 Å². The molecule has 1 aromatic heterocycles. The van der Waals surface area contributed by atoms with Gasteiger partial charge in [-0.3, -0.25) is 9.59 Å². The van der Waals surface area contributed by atoms with Crippen molar-refractivity contribution in [2.75, 3.05) is 18.5 Å². The van der Waals surface area contributed by atoms with Crippen LogP contribution >= 0.6 is 0 Å². The van der Waals surface area contributed by atoms with Gasteiger partial charge >= 0.3 is 5.97 Å². The molecular weight excluding hydrogens is 324 g/mol. The fraction of sp³-hybridized carbons (Fsp3) is 0.278. The second kappa shape index (κ2) is 8.68. The summed E-state index contributed by atoms with van der Waals surface area (Å²) in [5.74, 6) is -0.391. The van der Waals surface area contributed by atoms with Gasteiger partial charge in [-0.25, -0.2) is 4.79 Å². The van der Waals surface area contributed by atoms with Crippen LogP contribution in [0.3, 0.4) is 0 Å². The second-order valence-corrected chi connectivity index (χ2v) is 5.30. The van der Waals surface area contributed by atoms with Gasteiger partial charge in [0.05, 0.1) is 25.0 Å². The lowest BCUT2D eigenvalue weighted by Crippen LogP contribution is -2.36. The molecule has 0 saturated carbocycles. The van der Waals surface area contributed by atoms with Gasteiger partial charge in [0.2, 0.25) is 11.8 Å². The van der Waals surface area contributed by atoms with Crippen molar-refractivity contribution >= 4 is 23.5 Å². The van der Waals surface area contributed by atoms with Crippen LogP contribution in [0.1, 0.15) is 30.0 Å². The van der Waals surface area contributed by atoms with Gasteiger partial charge in [0.15, 0.2) is 0 Å². The molecule has 0 saturated heterocycles. The number of anilines is 1. The minimum absolute atomic E-state index is 0.102. The third kappa shape index (κ3) is 5.49. The lowest BCUT2D eigenvalue weighted by molar-refractivity contribution is -0.133. The summed E-state index contributed by atoms with van der Waals surface area (Å²) in [7, 11) is 0. The fourth-order valence-corrected chi connectivity index (χ4v) is 2.15. The normalized spacial score (nSPS) is 10.2. The summed E-state index contributed by atoms with van der Waals surface area (Å²) in [5.41, 5.74) is 0.933. The predicted molar refractivity (Wildman–Crippen MR) is 90.8 cm³/mol. The molecule has 0 fully saturated rings. The molecule has 0 bridgehead atoms. The predicted octanol–water partition coefficient (Wildman–Crippen LogP) is 2.44. The van der Waals surface area contributed by atoms with E-state index in [0.717, 1.165) is 0 Å². The Balaban J connectivity index is 1.93. The number of nitrogens with zero attached hydrogens (tertiary/aromatic N) is 1. The molecule has 2 aromatic rings. The number of ether oxygens (including phenoxy) is 1. The first kappa shape index (κ1) is 18.3. The van der Waals surface area contributed by atoms with Crippen LogP contribution in [-0.4, -0.2) is 35.8 Å². The van der Waals surface area contributed by atoms with Crippen LogP contribution in [0, 0.1) is 0 Å². The minimum Gasteiger partial charge on any atom is -0.467 e. The molecule has 0 atom stereocenters. The third-order valence-corrected chi connectivity index (χ3v) is 3.39. The second-order valence-electron chi connectivity index (χ2n) is 5.30. The van der Waals surface area contributed by atoms with E-state index < -0.39 is 5.97 Å². The summed E-state index contributed by atoms with van der Waals surface area (Å²) in [6.07, 6.45) is 1.51. The van der Waals surface area contributed by atoms with E-state index in [2.05, 4.69) is 5.32 Å². The summed E-state index contributed by atoms with van der Waals surface area (Å²) in [4.78, 5) is 36.8. The van der Waals surface area contributed by atoms with E-state index in [1.54, 1.807) is 43.3 Å². The summed E-state index contributed by atoms with van der Waals surface area (Å²) in [5, 5.41) is 2.69. The van der Waals surface area contributed by atoms with Gasteiger partial charge in [-0.1, -0.05) is 0 Å². The maximum Gasteiger partial charge on any atom is 0.338 e. The first-order valence-corrected chi connectivity index (χ1v) is 7.84. The zero-order chi connectivity index (χ0) is 18.2. The van der Waals surface area contributed by atoms with E-state index in [9.17, 15) is 14.4 Å². The van der Waals surface area contributed by atoms with Crippen molar-refractivity contribution in [1.29, 1.82) is 0 Å². The molecule has 1 N–H and O–H groups in total. The maximum absolute atomic E-state index is 12.1. The zero-order valence-electron chi connectivity index (χ0n) is 14.2. The topological polar surface area (TPSA) is 88.8 Å². The number of benzene rings is 1. The number of carbonyl (C=O) groups is 3. The van der Waals surface area contributed by atoms with Gasteiger partial charge in [0, 0.05) is 12.6 Å². The van der Waals surface area contributed by atoms with Crippen molar-refractivity contribution in [1.82, 2.24) is 4.90 Å². The lowest BCUT2D eigenvalue weighted by atomic mass is 10.2. The first-order valence-electron chi connectivity index (χ1n) is 7.84. The van der Waals surface area contributed by atoms with Crippen molar-refractivity contribution in [3.63, 3.8) is 0 Å². The Morgan fingerprint density at radius 3 is 2.44 bits per heavy atom.